The number of carbonyl (C=O) groups excluding carboxylic acids is 2. The lowest BCUT2D eigenvalue weighted by atomic mass is 9.49. The van der Waals surface area contributed by atoms with Crippen LogP contribution in [0, 0.1) is 23.2 Å². The molecule has 1 saturated heterocycles. The Kier molecular flexibility index (Phi) is 7.35. The van der Waals surface area contributed by atoms with Crippen LogP contribution in [0.25, 0.3) is 0 Å². The van der Waals surface area contributed by atoms with Crippen molar-refractivity contribution in [3.63, 3.8) is 0 Å². The predicted octanol–water partition coefficient (Wildman–Crippen LogP) is 4.38. The van der Waals surface area contributed by atoms with E-state index in [0.29, 0.717) is 6.61 Å². The van der Waals surface area contributed by atoms with Gasteiger partial charge in [-0.05, 0) is 87.8 Å². The second-order valence-corrected chi connectivity index (χ2v) is 11.4. The first-order valence-corrected chi connectivity index (χ1v) is 13.7. The topological polar surface area (TPSA) is 61.9 Å². The quantitative estimate of drug-likeness (QED) is 0.414. The van der Waals surface area contributed by atoms with Crippen molar-refractivity contribution in [2.45, 2.75) is 51.4 Å². The van der Waals surface area contributed by atoms with Gasteiger partial charge in [-0.3, -0.25) is 14.5 Å². The third-order valence-corrected chi connectivity index (χ3v) is 8.82. The van der Waals surface area contributed by atoms with E-state index in [1.54, 1.807) is 0 Å². The molecule has 1 aliphatic heterocycles. The fraction of sp³-hybridized carbons (Fsp3) is 0.704. The third kappa shape index (κ3) is 5.38. The maximum absolute atomic E-state index is 13.3. The molecule has 1 N–H and O–H groups in total. The van der Waals surface area contributed by atoms with Crippen LogP contribution in [-0.2, 0) is 9.59 Å². The molecule has 5 fully saturated rings. The minimum atomic E-state index is -0.131. The molecule has 34 heavy (non-hydrogen) atoms. The van der Waals surface area contributed by atoms with Crippen LogP contribution in [0.15, 0.2) is 24.3 Å². The van der Waals surface area contributed by atoms with Gasteiger partial charge in [-0.1, -0.05) is 6.07 Å². The Morgan fingerprint density at radius 3 is 2.32 bits per heavy atom. The fourth-order valence-corrected chi connectivity index (χ4v) is 7.42. The van der Waals surface area contributed by atoms with Crippen LogP contribution in [0.2, 0.25) is 0 Å². The molecule has 5 aliphatic rings. The van der Waals surface area contributed by atoms with Crippen LogP contribution in [0.3, 0.4) is 0 Å². The second-order valence-electron chi connectivity index (χ2n) is 11.1. The molecule has 1 aromatic rings. The summed E-state index contributed by atoms with van der Waals surface area (Å²) in [6.07, 6.45) is 9.33. The first kappa shape index (κ1) is 23.9. The number of benzene rings is 1. The van der Waals surface area contributed by atoms with E-state index >= 15 is 0 Å². The molecule has 7 heteroatoms. The average Bonchev–Trinajstić information content (AvgIpc) is 2.83. The molecule has 0 unspecified atom stereocenters. The van der Waals surface area contributed by atoms with Crippen LogP contribution in [0.1, 0.15) is 51.4 Å². The second kappa shape index (κ2) is 10.4. The van der Waals surface area contributed by atoms with Gasteiger partial charge in [-0.25, -0.2) is 0 Å². The Morgan fingerprint density at radius 2 is 1.68 bits per heavy atom. The number of rotatable bonds is 9. The minimum Gasteiger partial charge on any atom is -0.494 e. The summed E-state index contributed by atoms with van der Waals surface area (Å²) in [6.45, 7) is 5.04. The molecule has 1 heterocycles. The first-order chi connectivity index (χ1) is 16.5. The van der Waals surface area contributed by atoms with Gasteiger partial charge < -0.3 is 15.0 Å². The number of ether oxygens (including phenoxy) is 1. The highest BCUT2D eigenvalue weighted by atomic mass is 35.5. The lowest BCUT2D eigenvalue weighted by Gasteiger charge is -2.55. The monoisotopic (exact) mass is 487 g/mol. The molecule has 0 spiro atoms. The molecule has 6 rings (SSSR count). The number of hydrogen-bond donors (Lipinski definition) is 1. The summed E-state index contributed by atoms with van der Waals surface area (Å²) in [5, 5.41) is 3.24. The number of anilines is 1. The van der Waals surface area contributed by atoms with Gasteiger partial charge in [0, 0.05) is 37.9 Å². The highest BCUT2D eigenvalue weighted by Gasteiger charge is 2.54. The Morgan fingerprint density at radius 1 is 1.00 bits per heavy atom. The number of alkyl halides is 1. The van der Waals surface area contributed by atoms with Crippen LogP contribution in [0.5, 0.6) is 5.75 Å². The fourth-order valence-electron chi connectivity index (χ4n) is 7.25. The Balaban J connectivity index is 1.03. The number of piperazine rings is 1. The van der Waals surface area contributed by atoms with Crippen molar-refractivity contribution in [3.05, 3.63) is 24.3 Å². The van der Waals surface area contributed by atoms with Crippen molar-refractivity contribution in [1.29, 1.82) is 0 Å². The van der Waals surface area contributed by atoms with Gasteiger partial charge in [0.2, 0.25) is 11.8 Å². The van der Waals surface area contributed by atoms with Crippen molar-refractivity contribution in [2.24, 2.45) is 23.2 Å². The zero-order chi connectivity index (χ0) is 23.5. The minimum absolute atomic E-state index is 0.0334. The predicted molar refractivity (Wildman–Crippen MR) is 134 cm³/mol. The van der Waals surface area contributed by atoms with E-state index in [1.165, 1.54) is 19.3 Å². The molecule has 4 saturated carbocycles. The Labute approximate surface area is 208 Å². The Hall–Kier alpha value is -1.79. The van der Waals surface area contributed by atoms with E-state index in [0.717, 1.165) is 94.0 Å². The number of unbranched alkanes of at least 4 members (excludes halogenated alkanes) is 1. The molecule has 0 radical (unpaired) electrons. The SMILES string of the molecule is O=C(CCl)N1CCN(CCCCOc2cccc(NC(=O)C34CC5CC(CC(C5)C3)C4)c2)CC1. The number of nitrogens with zero attached hydrogens (tertiary/aromatic N) is 2. The number of halogens is 1. The lowest BCUT2D eigenvalue weighted by Crippen LogP contribution is -2.51. The van der Waals surface area contributed by atoms with E-state index in [1.807, 2.05) is 29.2 Å². The molecule has 0 atom stereocenters. The summed E-state index contributed by atoms with van der Waals surface area (Å²) in [5.74, 6) is 3.46. The van der Waals surface area contributed by atoms with Crippen molar-refractivity contribution >= 4 is 29.1 Å². The van der Waals surface area contributed by atoms with E-state index in [2.05, 4.69) is 10.2 Å². The summed E-state index contributed by atoms with van der Waals surface area (Å²) in [4.78, 5) is 29.2. The number of hydrogen-bond acceptors (Lipinski definition) is 4. The Bertz CT molecular complexity index is 848. The maximum Gasteiger partial charge on any atom is 0.237 e. The zero-order valence-corrected chi connectivity index (χ0v) is 20.9. The third-order valence-electron chi connectivity index (χ3n) is 8.59. The number of amides is 2. The summed E-state index contributed by atoms with van der Waals surface area (Å²) >= 11 is 5.65. The van der Waals surface area contributed by atoms with Gasteiger partial charge in [0.1, 0.15) is 11.6 Å². The summed E-state index contributed by atoms with van der Waals surface area (Å²) < 4.78 is 5.99. The highest BCUT2D eigenvalue weighted by Crippen LogP contribution is 2.60. The van der Waals surface area contributed by atoms with Crippen molar-refractivity contribution in [3.8, 4) is 5.75 Å². The van der Waals surface area contributed by atoms with Gasteiger partial charge in [-0.15, -0.1) is 11.6 Å². The van der Waals surface area contributed by atoms with Gasteiger partial charge in [0.25, 0.3) is 0 Å². The standard InChI is InChI=1S/C27H38ClN3O3/c28-19-25(32)31-9-7-30(8-10-31)6-1-2-11-34-24-5-3-4-23(15-24)29-26(33)27-16-20-12-21(17-27)14-22(13-20)18-27/h3-5,15,20-22H,1-2,6-14,16-19H2,(H,29,33). The molecule has 4 aliphatic carbocycles. The zero-order valence-electron chi connectivity index (χ0n) is 20.1. The van der Waals surface area contributed by atoms with Crippen molar-refractivity contribution in [1.82, 2.24) is 9.80 Å². The summed E-state index contributed by atoms with van der Waals surface area (Å²) in [6, 6.07) is 7.87. The van der Waals surface area contributed by atoms with E-state index in [9.17, 15) is 9.59 Å². The van der Waals surface area contributed by atoms with Crippen LogP contribution in [0.4, 0.5) is 5.69 Å². The highest BCUT2D eigenvalue weighted by molar-refractivity contribution is 6.27. The normalized spacial score (nSPS) is 30.4. The lowest BCUT2D eigenvalue weighted by molar-refractivity contribution is -0.140. The first-order valence-electron chi connectivity index (χ1n) is 13.1. The van der Waals surface area contributed by atoms with Crippen LogP contribution >= 0.6 is 11.6 Å². The number of carbonyl (C=O) groups is 2. The molecule has 4 bridgehead atoms. The summed E-state index contributed by atoms with van der Waals surface area (Å²) in [7, 11) is 0. The molecular weight excluding hydrogens is 450 g/mol. The summed E-state index contributed by atoms with van der Waals surface area (Å²) in [5.41, 5.74) is 0.719. The largest absolute Gasteiger partial charge is 0.494 e. The molecule has 1 aromatic carbocycles. The van der Waals surface area contributed by atoms with Gasteiger partial charge in [0.05, 0.1) is 12.0 Å². The van der Waals surface area contributed by atoms with Crippen molar-refractivity contribution in [2.75, 3.05) is 50.5 Å². The maximum atomic E-state index is 13.3. The molecule has 0 aromatic heterocycles. The van der Waals surface area contributed by atoms with Gasteiger partial charge in [0.15, 0.2) is 0 Å². The van der Waals surface area contributed by atoms with E-state index in [-0.39, 0.29) is 23.1 Å². The van der Waals surface area contributed by atoms with Gasteiger partial charge in [-0.2, -0.15) is 0 Å². The van der Waals surface area contributed by atoms with Crippen LogP contribution in [-0.4, -0.2) is 66.8 Å². The van der Waals surface area contributed by atoms with E-state index < -0.39 is 0 Å². The van der Waals surface area contributed by atoms with Gasteiger partial charge >= 0.3 is 0 Å². The molecule has 2 amide bonds. The number of nitrogens with one attached hydrogen (secondary N) is 1. The molecular formula is C27H38ClN3O3. The molecule has 186 valence electrons. The van der Waals surface area contributed by atoms with Crippen molar-refractivity contribution < 1.29 is 14.3 Å². The average molecular weight is 488 g/mol. The van der Waals surface area contributed by atoms with E-state index in [4.69, 9.17) is 16.3 Å². The van der Waals surface area contributed by atoms with Crippen LogP contribution < -0.4 is 10.1 Å². The smallest absolute Gasteiger partial charge is 0.237 e. The molecule has 6 nitrogen and oxygen atoms in total.